The van der Waals surface area contributed by atoms with Crippen LogP contribution in [0.4, 0.5) is 0 Å². The first-order chi connectivity index (χ1) is 11.1. The molecular weight excluding hydrogens is 284 g/mol. The number of hydrogen-bond donors (Lipinski definition) is 2. The van der Waals surface area contributed by atoms with Crippen molar-refractivity contribution in [3.05, 3.63) is 30.1 Å². The average Bonchev–Trinajstić information content (AvgIpc) is 2.50. The van der Waals surface area contributed by atoms with Crippen LogP contribution in [0.15, 0.2) is 29.4 Å². The zero-order chi connectivity index (χ0) is 16.5. The third kappa shape index (κ3) is 5.85. The predicted molar refractivity (Wildman–Crippen MR) is 97.7 cm³/mol. The molecule has 0 bridgehead atoms. The summed E-state index contributed by atoms with van der Waals surface area (Å²) >= 11 is 0. The highest BCUT2D eigenvalue weighted by Gasteiger charge is 2.37. The average molecular weight is 316 g/mol. The van der Waals surface area contributed by atoms with Gasteiger partial charge >= 0.3 is 0 Å². The number of aliphatic imine (C=N–C) groups is 1. The minimum atomic E-state index is 0.456. The lowest BCUT2D eigenvalue weighted by molar-refractivity contribution is 0.111. The van der Waals surface area contributed by atoms with Crippen molar-refractivity contribution in [1.82, 2.24) is 15.6 Å². The molecule has 1 aliphatic carbocycles. The largest absolute Gasteiger partial charge is 0.357 e. The monoisotopic (exact) mass is 316 g/mol. The van der Waals surface area contributed by atoms with E-state index in [1.54, 1.807) is 0 Å². The van der Waals surface area contributed by atoms with Crippen LogP contribution < -0.4 is 10.6 Å². The van der Waals surface area contributed by atoms with Crippen LogP contribution in [0.3, 0.4) is 0 Å². The Balaban J connectivity index is 1.84. The maximum Gasteiger partial charge on any atom is 0.191 e. The fraction of sp³-hybridized carbons (Fsp3) is 0.684. The highest BCUT2D eigenvalue weighted by atomic mass is 15.2. The van der Waals surface area contributed by atoms with Crippen molar-refractivity contribution in [1.29, 1.82) is 0 Å². The van der Waals surface area contributed by atoms with Crippen molar-refractivity contribution >= 4 is 5.96 Å². The molecule has 0 radical (unpaired) electrons. The summed E-state index contributed by atoms with van der Waals surface area (Å²) in [6, 6.07) is 6.06. The highest BCUT2D eigenvalue weighted by Crippen LogP contribution is 2.46. The molecule has 4 heteroatoms. The molecule has 0 aromatic carbocycles. The minimum Gasteiger partial charge on any atom is -0.357 e. The molecule has 4 nitrogen and oxygen atoms in total. The van der Waals surface area contributed by atoms with Gasteiger partial charge in [0.25, 0.3) is 0 Å². The van der Waals surface area contributed by atoms with E-state index in [4.69, 9.17) is 4.99 Å². The van der Waals surface area contributed by atoms with Gasteiger partial charge in [0.05, 0.1) is 0 Å². The van der Waals surface area contributed by atoms with Crippen LogP contribution in [0.5, 0.6) is 0 Å². The molecule has 1 heterocycles. The molecule has 1 aliphatic rings. The third-order valence-corrected chi connectivity index (χ3v) is 4.57. The third-order valence-electron chi connectivity index (χ3n) is 4.57. The van der Waals surface area contributed by atoms with E-state index < -0.39 is 0 Å². The number of pyridine rings is 1. The molecule has 0 unspecified atom stereocenters. The van der Waals surface area contributed by atoms with Crippen LogP contribution in [0.2, 0.25) is 0 Å². The quantitative estimate of drug-likeness (QED) is 0.571. The van der Waals surface area contributed by atoms with Crippen LogP contribution in [0.1, 0.15) is 52.1 Å². The Morgan fingerprint density at radius 2 is 2.13 bits per heavy atom. The second kappa shape index (κ2) is 8.90. The molecule has 0 aliphatic heterocycles. The summed E-state index contributed by atoms with van der Waals surface area (Å²) in [6.45, 7) is 9.46. The van der Waals surface area contributed by atoms with E-state index in [1.165, 1.54) is 25.7 Å². The van der Waals surface area contributed by atoms with Gasteiger partial charge in [0, 0.05) is 37.9 Å². The molecule has 1 aromatic rings. The number of aromatic nitrogens is 1. The molecule has 23 heavy (non-hydrogen) atoms. The van der Waals surface area contributed by atoms with Gasteiger partial charge in [-0.2, -0.15) is 0 Å². The summed E-state index contributed by atoms with van der Waals surface area (Å²) in [6.07, 6.45) is 8.10. The number of hydrogen-bond acceptors (Lipinski definition) is 2. The van der Waals surface area contributed by atoms with E-state index in [9.17, 15) is 0 Å². The minimum absolute atomic E-state index is 0.456. The second-order valence-corrected chi connectivity index (χ2v) is 7.14. The smallest absolute Gasteiger partial charge is 0.191 e. The Labute approximate surface area is 141 Å². The SMILES string of the molecule is CCNC(=NCC1(CC(C)C)CCC1)NCCc1ccccn1. The molecule has 0 spiro atoms. The lowest BCUT2D eigenvalue weighted by atomic mass is 9.64. The summed E-state index contributed by atoms with van der Waals surface area (Å²) in [7, 11) is 0. The van der Waals surface area contributed by atoms with Gasteiger partial charge in [-0.15, -0.1) is 0 Å². The van der Waals surface area contributed by atoms with Gasteiger partial charge < -0.3 is 10.6 Å². The molecule has 0 atom stereocenters. The molecule has 128 valence electrons. The number of nitrogens with zero attached hydrogens (tertiary/aromatic N) is 2. The van der Waals surface area contributed by atoms with E-state index in [2.05, 4.69) is 42.5 Å². The van der Waals surface area contributed by atoms with Gasteiger partial charge in [0.2, 0.25) is 0 Å². The number of rotatable bonds is 8. The Morgan fingerprint density at radius 3 is 2.70 bits per heavy atom. The Hall–Kier alpha value is -1.58. The summed E-state index contributed by atoms with van der Waals surface area (Å²) in [4.78, 5) is 9.23. The van der Waals surface area contributed by atoms with Crippen molar-refractivity contribution in [3.8, 4) is 0 Å². The highest BCUT2D eigenvalue weighted by molar-refractivity contribution is 5.79. The van der Waals surface area contributed by atoms with Crippen molar-refractivity contribution < 1.29 is 0 Å². The Morgan fingerprint density at radius 1 is 1.30 bits per heavy atom. The fourth-order valence-corrected chi connectivity index (χ4v) is 3.41. The Kier molecular flexibility index (Phi) is 6.87. The molecule has 2 rings (SSSR count). The van der Waals surface area contributed by atoms with Crippen molar-refractivity contribution in [2.24, 2.45) is 16.3 Å². The second-order valence-electron chi connectivity index (χ2n) is 7.14. The standard InChI is InChI=1S/C19H32N4/c1-4-20-18(22-13-9-17-8-5-6-12-21-17)23-15-19(10-7-11-19)14-16(2)3/h5-6,8,12,16H,4,7,9-11,13-15H2,1-3H3,(H2,20,22,23). The van der Waals surface area contributed by atoms with Crippen LogP contribution >= 0.6 is 0 Å². The van der Waals surface area contributed by atoms with Crippen LogP contribution in [-0.2, 0) is 6.42 Å². The van der Waals surface area contributed by atoms with Gasteiger partial charge in [-0.25, -0.2) is 0 Å². The molecule has 0 amide bonds. The first-order valence-corrected chi connectivity index (χ1v) is 9.06. The van der Waals surface area contributed by atoms with Crippen LogP contribution in [0, 0.1) is 11.3 Å². The summed E-state index contributed by atoms with van der Waals surface area (Å²) in [5, 5.41) is 6.80. The van der Waals surface area contributed by atoms with E-state index in [-0.39, 0.29) is 0 Å². The van der Waals surface area contributed by atoms with Gasteiger partial charge in [-0.05, 0) is 49.7 Å². The summed E-state index contributed by atoms with van der Waals surface area (Å²) < 4.78 is 0. The molecule has 1 fully saturated rings. The maximum atomic E-state index is 4.87. The van der Waals surface area contributed by atoms with E-state index in [0.29, 0.717) is 5.41 Å². The van der Waals surface area contributed by atoms with Gasteiger partial charge in [-0.1, -0.05) is 26.3 Å². The molecule has 1 saturated carbocycles. The van der Waals surface area contributed by atoms with Gasteiger partial charge in [0.1, 0.15) is 0 Å². The van der Waals surface area contributed by atoms with Gasteiger partial charge in [-0.3, -0.25) is 9.98 Å². The van der Waals surface area contributed by atoms with Crippen LogP contribution in [-0.4, -0.2) is 30.6 Å². The number of guanidine groups is 1. The lowest BCUT2D eigenvalue weighted by Gasteiger charge is -2.42. The fourth-order valence-electron chi connectivity index (χ4n) is 3.41. The summed E-state index contributed by atoms with van der Waals surface area (Å²) in [5.74, 6) is 1.70. The van der Waals surface area contributed by atoms with Gasteiger partial charge in [0.15, 0.2) is 5.96 Å². The van der Waals surface area contributed by atoms with Crippen molar-refractivity contribution in [2.75, 3.05) is 19.6 Å². The molecule has 1 aromatic heterocycles. The van der Waals surface area contributed by atoms with E-state index in [0.717, 1.165) is 43.6 Å². The number of nitrogens with one attached hydrogen (secondary N) is 2. The first kappa shape index (κ1) is 17.8. The molecular formula is C19H32N4. The molecule has 0 saturated heterocycles. The topological polar surface area (TPSA) is 49.3 Å². The zero-order valence-corrected chi connectivity index (χ0v) is 14.9. The van der Waals surface area contributed by atoms with E-state index in [1.807, 2.05) is 18.3 Å². The van der Waals surface area contributed by atoms with Crippen molar-refractivity contribution in [2.45, 2.75) is 52.9 Å². The zero-order valence-electron chi connectivity index (χ0n) is 14.9. The lowest BCUT2D eigenvalue weighted by Crippen LogP contribution is -2.41. The van der Waals surface area contributed by atoms with Crippen LogP contribution in [0.25, 0.3) is 0 Å². The Bertz CT molecular complexity index is 477. The maximum absolute atomic E-state index is 4.87. The van der Waals surface area contributed by atoms with E-state index >= 15 is 0 Å². The normalized spacial score (nSPS) is 17.0. The summed E-state index contributed by atoms with van der Waals surface area (Å²) in [5.41, 5.74) is 1.57. The molecule has 2 N–H and O–H groups in total. The first-order valence-electron chi connectivity index (χ1n) is 9.06. The van der Waals surface area contributed by atoms with Crippen molar-refractivity contribution in [3.63, 3.8) is 0 Å². The predicted octanol–water partition coefficient (Wildman–Crippen LogP) is 3.40.